The molecule has 1 amide bonds. The summed E-state index contributed by atoms with van der Waals surface area (Å²) in [4.78, 5) is 33.1. The first-order valence-electron chi connectivity index (χ1n) is 6.07. The first kappa shape index (κ1) is 14.6. The molecule has 0 radical (unpaired) electrons. The second-order valence-corrected chi connectivity index (χ2v) is 4.34. The van der Waals surface area contributed by atoms with E-state index in [-0.39, 0.29) is 23.7 Å². The Labute approximate surface area is 119 Å². The van der Waals surface area contributed by atoms with Crippen LogP contribution in [0, 0.1) is 0 Å². The first-order chi connectivity index (χ1) is 9.86. The van der Waals surface area contributed by atoms with Gasteiger partial charge >= 0.3 is 11.9 Å². The van der Waals surface area contributed by atoms with E-state index in [1.807, 2.05) is 0 Å². The Balaban J connectivity index is 2.52. The van der Waals surface area contributed by atoms with Crippen molar-refractivity contribution in [1.82, 2.24) is 0 Å². The number of rotatable bonds is 4. The molecule has 1 aromatic heterocycles. The predicted octanol–water partition coefficient (Wildman–Crippen LogP) is 1.31. The highest BCUT2D eigenvalue weighted by Gasteiger charge is 2.19. The number of nitrogens with two attached hydrogens (primary N) is 1. The molecule has 0 bridgehead atoms. The fraction of sp³-hybridized carbons (Fsp3) is 0.214. The second kappa shape index (κ2) is 5.66. The summed E-state index contributed by atoms with van der Waals surface area (Å²) in [5.41, 5.74) is 5.45. The molecule has 2 aromatic rings. The van der Waals surface area contributed by atoms with Crippen LogP contribution < -0.4 is 15.2 Å². The molecule has 0 saturated heterocycles. The second-order valence-electron chi connectivity index (χ2n) is 4.34. The minimum atomic E-state index is -0.623. The van der Waals surface area contributed by atoms with Crippen molar-refractivity contribution in [2.24, 2.45) is 5.73 Å². The molecule has 1 aromatic carbocycles. The predicted molar refractivity (Wildman–Crippen MR) is 71.7 cm³/mol. The van der Waals surface area contributed by atoms with Gasteiger partial charge in [-0.1, -0.05) is 0 Å². The monoisotopic (exact) mass is 291 g/mol. The number of primary amides is 1. The zero-order valence-corrected chi connectivity index (χ0v) is 11.5. The molecule has 110 valence electrons. The largest absolute Gasteiger partial charge is 0.456 e. The molecule has 7 nitrogen and oxygen atoms in total. The number of carbonyl (C=O) groups is 3. The van der Waals surface area contributed by atoms with Crippen LogP contribution in [0.25, 0.3) is 11.0 Å². The molecule has 0 aliphatic rings. The summed E-state index contributed by atoms with van der Waals surface area (Å²) in [6, 6.07) is 4.56. The number of esters is 2. The van der Waals surface area contributed by atoms with Gasteiger partial charge in [0.1, 0.15) is 11.3 Å². The quantitative estimate of drug-likeness (QED) is 0.672. The number of amides is 1. The number of furan rings is 1. The van der Waals surface area contributed by atoms with Gasteiger partial charge in [0.2, 0.25) is 5.91 Å². The van der Waals surface area contributed by atoms with E-state index in [0.717, 1.165) is 0 Å². The van der Waals surface area contributed by atoms with Gasteiger partial charge in [-0.3, -0.25) is 14.4 Å². The fourth-order valence-electron chi connectivity index (χ4n) is 1.86. The summed E-state index contributed by atoms with van der Waals surface area (Å²) in [5, 5.41) is 0.484. The smallest absolute Gasteiger partial charge is 0.308 e. The Morgan fingerprint density at radius 2 is 1.81 bits per heavy atom. The normalized spacial score (nSPS) is 10.4. The topological polar surface area (TPSA) is 109 Å². The van der Waals surface area contributed by atoms with E-state index in [1.165, 1.54) is 26.0 Å². The maximum atomic E-state index is 11.2. The third kappa shape index (κ3) is 3.38. The maximum absolute atomic E-state index is 11.2. The van der Waals surface area contributed by atoms with Gasteiger partial charge in [-0.15, -0.1) is 0 Å². The molecule has 2 N–H and O–H groups in total. The van der Waals surface area contributed by atoms with Crippen molar-refractivity contribution < 1.29 is 28.3 Å². The minimum absolute atomic E-state index is 0.144. The van der Waals surface area contributed by atoms with Crippen LogP contribution >= 0.6 is 0 Å². The van der Waals surface area contributed by atoms with E-state index in [4.69, 9.17) is 19.6 Å². The molecular formula is C14H13NO6. The zero-order chi connectivity index (χ0) is 15.6. The molecule has 7 heteroatoms. The molecule has 0 aliphatic heterocycles. The number of carbonyl (C=O) groups excluding carboxylic acids is 3. The van der Waals surface area contributed by atoms with Gasteiger partial charge < -0.3 is 19.6 Å². The van der Waals surface area contributed by atoms with Crippen LogP contribution in [0.5, 0.6) is 11.5 Å². The Morgan fingerprint density at radius 1 is 1.14 bits per heavy atom. The molecule has 1 heterocycles. The third-order valence-electron chi connectivity index (χ3n) is 2.53. The van der Waals surface area contributed by atoms with Gasteiger partial charge in [0, 0.05) is 19.9 Å². The van der Waals surface area contributed by atoms with Crippen molar-refractivity contribution >= 4 is 28.8 Å². The summed E-state index contributed by atoms with van der Waals surface area (Å²) in [6.07, 6.45) is -0.208. The standard InChI is InChI=1S/C14H13NO6/c1-7(16)19-9-3-4-10-11(5-9)21-12(6-13(15)18)14(10)20-8(2)17/h3-5H,6H2,1-2H3,(H2,15,18). The van der Waals surface area contributed by atoms with Crippen LogP contribution in [-0.2, 0) is 20.8 Å². The lowest BCUT2D eigenvalue weighted by molar-refractivity contribution is -0.132. The van der Waals surface area contributed by atoms with Crippen molar-refractivity contribution in [3.8, 4) is 11.5 Å². The van der Waals surface area contributed by atoms with Crippen molar-refractivity contribution in [1.29, 1.82) is 0 Å². The Kier molecular flexibility index (Phi) is 3.93. The summed E-state index contributed by atoms with van der Waals surface area (Å²) < 4.78 is 15.5. The summed E-state index contributed by atoms with van der Waals surface area (Å²) >= 11 is 0. The van der Waals surface area contributed by atoms with Crippen molar-refractivity contribution in [3.05, 3.63) is 24.0 Å². The van der Waals surface area contributed by atoms with Crippen molar-refractivity contribution in [2.45, 2.75) is 20.3 Å². The first-order valence-corrected chi connectivity index (χ1v) is 6.07. The molecule has 0 unspecified atom stereocenters. The molecular weight excluding hydrogens is 278 g/mol. The SMILES string of the molecule is CC(=O)Oc1ccc2c(OC(C)=O)c(CC(N)=O)oc2c1. The van der Waals surface area contributed by atoms with E-state index in [0.29, 0.717) is 11.0 Å². The Morgan fingerprint density at radius 3 is 2.38 bits per heavy atom. The average molecular weight is 291 g/mol. The molecule has 2 rings (SSSR count). The number of fused-ring (bicyclic) bond motifs is 1. The summed E-state index contributed by atoms with van der Waals surface area (Å²) in [5.74, 6) is -1.07. The average Bonchev–Trinajstić information content (AvgIpc) is 2.64. The van der Waals surface area contributed by atoms with Gasteiger partial charge in [0.25, 0.3) is 0 Å². The van der Waals surface area contributed by atoms with Gasteiger partial charge in [0.15, 0.2) is 11.5 Å². The highest BCUT2D eigenvalue weighted by Crippen LogP contribution is 2.35. The molecule has 0 atom stereocenters. The molecule has 0 aliphatic carbocycles. The van der Waals surface area contributed by atoms with Crippen LogP contribution in [0.2, 0.25) is 0 Å². The van der Waals surface area contributed by atoms with E-state index in [9.17, 15) is 14.4 Å². The van der Waals surface area contributed by atoms with Crippen LogP contribution in [0.15, 0.2) is 22.6 Å². The fourth-order valence-corrected chi connectivity index (χ4v) is 1.86. The van der Waals surface area contributed by atoms with Crippen LogP contribution in [0.1, 0.15) is 19.6 Å². The van der Waals surface area contributed by atoms with Crippen LogP contribution in [-0.4, -0.2) is 17.8 Å². The Hall–Kier alpha value is -2.83. The van der Waals surface area contributed by atoms with Crippen molar-refractivity contribution in [3.63, 3.8) is 0 Å². The third-order valence-corrected chi connectivity index (χ3v) is 2.53. The molecule has 0 spiro atoms. The lowest BCUT2D eigenvalue weighted by atomic mass is 10.2. The summed E-state index contributed by atoms with van der Waals surface area (Å²) in [7, 11) is 0. The highest BCUT2D eigenvalue weighted by molar-refractivity contribution is 5.91. The van der Waals surface area contributed by atoms with E-state index in [2.05, 4.69) is 0 Å². The molecule has 0 fully saturated rings. The zero-order valence-electron chi connectivity index (χ0n) is 11.5. The minimum Gasteiger partial charge on any atom is -0.456 e. The highest BCUT2D eigenvalue weighted by atomic mass is 16.5. The van der Waals surface area contributed by atoms with Gasteiger partial charge in [-0.2, -0.15) is 0 Å². The number of hydrogen-bond acceptors (Lipinski definition) is 6. The summed E-state index contributed by atoms with van der Waals surface area (Å²) in [6.45, 7) is 2.51. The van der Waals surface area contributed by atoms with E-state index < -0.39 is 17.8 Å². The van der Waals surface area contributed by atoms with E-state index >= 15 is 0 Å². The number of benzene rings is 1. The van der Waals surface area contributed by atoms with E-state index in [1.54, 1.807) is 6.07 Å². The Bertz CT molecular complexity index is 730. The maximum Gasteiger partial charge on any atom is 0.308 e. The van der Waals surface area contributed by atoms with Gasteiger partial charge in [0.05, 0.1) is 11.8 Å². The number of ether oxygens (including phenoxy) is 2. The molecule has 21 heavy (non-hydrogen) atoms. The van der Waals surface area contributed by atoms with Crippen molar-refractivity contribution in [2.75, 3.05) is 0 Å². The molecule has 0 saturated carbocycles. The lowest BCUT2D eigenvalue weighted by Gasteiger charge is -2.01. The van der Waals surface area contributed by atoms with Gasteiger partial charge in [-0.05, 0) is 12.1 Å². The van der Waals surface area contributed by atoms with Crippen LogP contribution in [0.4, 0.5) is 0 Å². The van der Waals surface area contributed by atoms with Crippen LogP contribution in [0.3, 0.4) is 0 Å². The number of hydrogen-bond donors (Lipinski definition) is 1. The lowest BCUT2D eigenvalue weighted by Crippen LogP contribution is -2.14. The van der Waals surface area contributed by atoms with Gasteiger partial charge in [-0.25, -0.2) is 0 Å².